The number of nitrogen functional groups attached to an aromatic ring is 1. The highest BCUT2D eigenvalue weighted by Crippen LogP contribution is 2.25. The predicted octanol–water partition coefficient (Wildman–Crippen LogP) is 0.585. The highest BCUT2D eigenvalue weighted by atomic mass is 79.9. The minimum Gasteiger partial charge on any atom is -0.399 e. The Morgan fingerprint density at radius 2 is 2.11 bits per heavy atom. The second-order valence-corrected chi connectivity index (χ2v) is 6.23. The third-order valence-corrected chi connectivity index (χ3v) is 4.27. The Kier molecular flexibility index (Phi) is 5.27. The predicted molar refractivity (Wildman–Crippen MR) is 72.4 cm³/mol. The minimum atomic E-state index is -4.05. The van der Waals surface area contributed by atoms with E-state index in [1.165, 1.54) is 13.1 Å². The van der Waals surface area contributed by atoms with Gasteiger partial charge in [0.25, 0.3) is 0 Å². The molecule has 0 unspecified atom stereocenters. The first-order chi connectivity index (χ1) is 8.77. The molecule has 0 aliphatic heterocycles. The standard InChI is InChI=1S/C10H13BrFN3O3S/c1-14-9(16)2-3-15-19(17,18)8-5-6(13)4-7(11)10(8)12/h4-5,15H,2-3,13H2,1H3,(H,14,16). The molecule has 0 fully saturated rings. The van der Waals surface area contributed by atoms with Gasteiger partial charge in [-0.1, -0.05) is 0 Å². The van der Waals surface area contributed by atoms with Crippen LogP contribution in [0.25, 0.3) is 0 Å². The van der Waals surface area contributed by atoms with Crippen molar-refractivity contribution in [1.29, 1.82) is 0 Å². The maximum atomic E-state index is 13.7. The summed E-state index contributed by atoms with van der Waals surface area (Å²) >= 11 is 2.88. The summed E-state index contributed by atoms with van der Waals surface area (Å²) < 4.78 is 39.6. The van der Waals surface area contributed by atoms with E-state index in [2.05, 4.69) is 26.0 Å². The van der Waals surface area contributed by atoms with Crippen molar-refractivity contribution >= 4 is 37.5 Å². The third kappa shape index (κ3) is 4.15. The zero-order chi connectivity index (χ0) is 14.6. The monoisotopic (exact) mass is 353 g/mol. The van der Waals surface area contributed by atoms with Crippen LogP contribution in [0.5, 0.6) is 0 Å². The van der Waals surface area contributed by atoms with E-state index in [4.69, 9.17) is 5.73 Å². The van der Waals surface area contributed by atoms with Crippen LogP contribution in [0.1, 0.15) is 6.42 Å². The summed E-state index contributed by atoms with van der Waals surface area (Å²) in [5, 5.41) is 2.35. The zero-order valence-corrected chi connectivity index (χ0v) is 12.4. The fourth-order valence-electron chi connectivity index (χ4n) is 1.28. The molecule has 1 aromatic rings. The number of hydrogen-bond acceptors (Lipinski definition) is 4. The second kappa shape index (κ2) is 6.31. The molecule has 0 aliphatic carbocycles. The number of amides is 1. The summed E-state index contributed by atoms with van der Waals surface area (Å²) in [5.41, 5.74) is 5.58. The lowest BCUT2D eigenvalue weighted by atomic mass is 10.3. The quantitative estimate of drug-likeness (QED) is 0.674. The molecule has 0 atom stereocenters. The third-order valence-electron chi connectivity index (χ3n) is 2.23. The molecule has 1 rings (SSSR count). The van der Waals surface area contributed by atoms with Crippen LogP contribution in [0, 0.1) is 5.82 Å². The van der Waals surface area contributed by atoms with Crippen LogP contribution >= 0.6 is 15.9 Å². The van der Waals surface area contributed by atoms with Gasteiger partial charge in [0.05, 0.1) is 4.47 Å². The SMILES string of the molecule is CNC(=O)CCNS(=O)(=O)c1cc(N)cc(Br)c1F. The largest absolute Gasteiger partial charge is 0.399 e. The van der Waals surface area contributed by atoms with E-state index < -0.39 is 20.7 Å². The van der Waals surface area contributed by atoms with Gasteiger partial charge in [-0.05, 0) is 28.1 Å². The van der Waals surface area contributed by atoms with Crippen molar-refractivity contribution in [1.82, 2.24) is 10.0 Å². The van der Waals surface area contributed by atoms with Crippen LogP contribution < -0.4 is 15.8 Å². The van der Waals surface area contributed by atoms with E-state index in [0.29, 0.717) is 0 Å². The molecule has 19 heavy (non-hydrogen) atoms. The first-order valence-corrected chi connectivity index (χ1v) is 7.50. The molecule has 1 aromatic carbocycles. The van der Waals surface area contributed by atoms with E-state index in [1.54, 1.807) is 0 Å². The summed E-state index contributed by atoms with van der Waals surface area (Å²) in [4.78, 5) is 10.4. The topological polar surface area (TPSA) is 101 Å². The molecule has 9 heteroatoms. The number of anilines is 1. The van der Waals surface area contributed by atoms with Gasteiger partial charge in [0, 0.05) is 25.7 Å². The van der Waals surface area contributed by atoms with Gasteiger partial charge in [-0.15, -0.1) is 0 Å². The lowest BCUT2D eigenvalue weighted by Gasteiger charge is -2.09. The highest BCUT2D eigenvalue weighted by molar-refractivity contribution is 9.10. The first-order valence-electron chi connectivity index (χ1n) is 5.22. The van der Waals surface area contributed by atoms with Crippen molar-refractivity contribution in [2.24, 2.45) is 0 Å². The smallest absolute Gasteiger partial charge is 0.243 e. The number of halogens is 2. The van der Waals surface area contributed by atoms with E-state index in [-0.39, 0.29) is 29.0 Å². The fraction of sp³-hybridized carbons (Fsp3) is 0.300. The van der Waals surface area contributed by atoms with Crippen molar-refractivity contribution in [3.05, 3.63) is 22.4 Å². The molecule has 6 nitrogen and oxygen atoms in total. The lowest BCUT2D eigenvalue weighted by molar-refractivity contribution is -0.120. The first kappa shape index (κ1) is 15.9. The zero-order valence-electron chi connectivity index (χ0n) is 10.0. The van der Waals surface area contributed by atoms with E-state index >= 15 is 0 Å². The summed E-state index contributed by atoms with van der Waals surface area (Å²) in [6, 6.07) is 2.28. The van der Waals surface area contributed by atoms with Crippen molar-refractivity contribution < 1.29 is 17.6 Å². The van der Waals surface area contributed by atoms with Gasteiger partial charge in [-0.3, -0.25) is 4.79 Å². The summed E-state index contributed by atoms with van der Waals surface area (Å²) in [6.45, 7) is -0.131. The molecule has 0 aromatic heterocycles. The molecule has 106 valence electrons. The molecule has 0 aliphatic rings. The van der Waals surface area contributed by atoms with Crippen molar-refractivity contribution in [2.75, 3.05) is 19.3 Å². The molecule has 0 saturated carbocycles. The van der Waals surface area contributed by atoms with E-state index in [0.717, 1.165) is 6.07 Å². The Morgan fingerprint density at radius 3 is 2.68 bits per heavy atom. The molecule has 0 spiro atoms. The van der Waals surface area contributed by atoms with Gasteiger partial charge >= 0.3 is 0 Å². The Morgan fingerprint density at radius 1 is 1.47 bits per heavy atom. The molecule has 0 radical (unpaired) electrons. The van der Waals surface area contributed by atoms with Crippen molar-refractivity contribution in [2.45, 2.75) is 11.3 Å². The van der Waals surface area contributed by atoms with Gasteiger partial charge in [-0.2, -0.15) is 0 Å². The van der Waals surface area contributed by atoms with Crippen LogP contribution in [0.4, 0.5) is 10.1 Å². The highest BCUT2D eigenvalue weighted by Gasteiger charge is 2.21. The number of hydrogen-bond donors (Lipinski definition) is 3. The van der Waals surface area contributed by atoms with Gasteiger partial charge in [0.2, 0.25) is 15.9 Å². The van der Waals surface area contributed by atoms with E-state index in [1.807, 2.05) is 0 Å². The fourth-order valence-corrected chi connectivity index (χ4v) is 3.05. The second-order valence-electron chi connectivity index (χ2n) is 3.64. The van der Waals surface area contributed by atoms with Crippen molar-refractivity contribution in [3.63, 3.8) is 0 Å². The Labute approximate surface area is 118 Å². The van der Waals surface area contributed by atoms with Crippen LogP contribution in [0.3, 0.4) is 0 Å². The lowest BCUT2D eigenvalue weighted by Crippen LogP contribution is -2.29. The Bertz CT molecular complexity index is 592. The number of sulfonamides is 1. The maximum absolute atomic E-state index is 13.7. The van der Waals surface area contributed by atoms with Crippen LogP contribution in [0.15, 0.2) is 21.5 Å². The van der Waals surface area contributed by atoms with Crippen LogP contribution in [-0.4, -0.2) is 27.9 Å². The van der Waals surface area contributed by atoms with Crippen molar-refractivity contribution in [3.8, 4) is 0 Å². The maximum Gasteiger partial charge on any atom is 0.243 e. The molecule has 0 heterocycles. The average molecular weight is 354 g/mol. The minimum absolute atomic E-state index is 0.0408. The normalized spacial score (nSPS) is 11.3. The number of carbonyl (C=O) groups is 1. The summed E-state index contributed by atoms with van der Waals surface area (Å²) in [6.07, 6.45) is -0.0408. The molecule has 0 saturated heterocycles. The number of rotatable bonds is 5. The number of nitrogens with two attached hydrogens (primary N) is 1. The summed E-state index contributed by atoms with van der Waals surface area (Å²) in [5.74, 6) is -1.25. The molecule has 4 N–H and O–H groups in total. The molecule has 1 amide bonds. The summed E-state index contributed by atoms with van der Waals surface area (Å²) in [7, 11) is -2.62. The van der Waals surface area contributed by atoms with Crippen LogP contribution in [0.2, 0.25) is 0 Å². The van der Waals surface area contributed by atoms with Gasteiger partial charge in [0.1, 0.15) is 4.90 Å². The van der Waals surface area contributed by atoms with Crippen LogP contribution in [-0.2, 0) is 14.8 Å². The molecule has 0 bridgehead atoms. The van der Waals surface area contributed by atoms with Gasteiger partial charge in [-0.25, -0.2) is 17.5 Å². The number of benzene rings is 1. The Balaban J connectivity index is 2.92. The molecular formula is C10H13BrFN3O3S. The molecular weight excluding hydrogens is 341 g/mol. The Hall–Kier alpha value is -1.19. The number of carbonyl (C=O) groups excluding carboxylic acids is 1. The van der Waals surface area contributed by atoms with E-state index in [9.17, 15) is 17.6 Å². The average Bonchev–Trinajstić information content (AvgIpc) is 2.33. The number of nitrogens with one attached hydrogen (secondary N) is 2. The van der Waals surface area contributed by atoms with Gasteiger partial charge < -0.3 is 11.1 Å². The van der Waals surface area contributed by atoms with Gasteiger partial charge in [0.15, 0.2) is 5.82 Å².